The maximum absolute atomic E-state index is 12.4. The Morgan fingerprint density at radius 1 is 1.00 bits per heavy atom. The summed E-state index contributed by atoms with van der Waals surface area (Å²) in [6.45, 7) is 2.86. The van der Waals surface area contributed by atoms with Crippen LogP contribution in [0.4, 0.5) is 0 Å². The lowest BCUT2D eigenvalue weighted by atomic mass is 10.0. The topological polar surface area (TPSA) is 64.2 Å². The van der Waals surface area contributed by atoms with Crippen molar-refractivity contribution in [1.82, 2.24) is 19.7 Å². The Balaban J connectivity index is 1.55. The van der Waals surface area contributed by atoms with E-state index in [1.165, 1.54) is 5.56 Å². The number of thioether (sulfide) groups is 1. The molecule has 3 aromatic carbocycles. The van der Waals surface area contributed by atoms with Gasteiger partial charge in [-0.2, -0.15) is 0 Å². The van der Waals surface area contributed by atoms with E-state index in [1.807, 2.05) is 30.3 Å². The molecule has 0 bridgehead atoms. The van der Waals surface area contributed by atoms with Crippen molar-refractivity contribution >= 4 is 33.5 Å². The maximum atomic E-state index is 12.4. The van der Waals surface area contributed by atoms with Gasteiger partial charge in [-0.15, -0.1) is 10.2 Å². The van der Waals surface area contributed by atoms with E-state index in [0.717, 1.165) is 39.1 Å². The highest BCUT2D eigenvalue weighted by molar-refractivity contribution is 7.98. The fourth-order valence-electron chi connectivity index (χ4n) is 4.62. The van der Waals surface area contributed by atoms with Crippen LogP contribution in [-0.2, 0) is 12.3 Å². The second kappa shape index (κ2) is 10.1. The molecule has 1 atom stereocenters. The molecule has 7 heteroatoms. The van der Waals surface area contributed by atoms with Gasteiger partial charge in [0.25, 0.3) is 0 Å². The van der Waals surface area contributed by atoms with Crippen LogP contribution in [0, 0.1) is 0 Å². The van der Waals surface area contributed by atoms with Crippen molar-refractivity contribution in [3.8, 4) is 0 Å². The van der Waals surface area contributed by atoms with Gasteiger partial charge in [0, 0.05) is 17.2 Å². The third kappa shape index (κ3) is 4.74. The average molecular weight is 485 g/mol. The lowest BCUT2D eigenvalue weighted by molar-refractivity contribution is 0.272. The summed E-state index contributed by atoms with van der Waals surface area (Å²) in [5.41, 5.74) is 2.40. The number of benzene rings is 3. The molecule has 0 fully saturated rings. The van der Waals surface area contributed by atoms with Gasteiger partial charge >= 0.3 is 5.63 Å². The third-order valence-electron chi connectivity index (χ3n) is 6.31. The maximum Gasteiger partial charge on any atom is 0.336 e. The van der Waals surface area contributed by atoms with E-state index >= 15 is 0 Å². The lowest BCUT2D eigenvalue weighted by Gasteiger charge is -2.23. The first-order chi connectivity index (χ1) is 17.0. The van der Waals surface area contributed by atoms with Crippen LogP contribution in [0.2, 0.25) is 0 Å². The third-order valence-corrected chi connectivity index (χ3v) is 7.32. The molecule has 2 heterocycles. The molecule has 35 heavy (non-hydrogen) atoms. The van der Waals surface area contributed by atoms with Gasteiger partial charge < -0.3 is 8.98 Å². The molecule has 0 spiro atoms. The molecule has 0 saturated heterocycles. The van der Waals surface area contributed by atoms with Crippen molar-refractivity contribution < 1.29 is 4.42 Å². The Kier molecular flexibility index (Phi) is 6.70. The van der Waals surface area contributed by atoms with Crippen LogP contribution in [0.5, 0.6) is 0 Å². The average Bonchev–Trinajstić information content (AvgIpc) is 3.24. The van der Waals surface area contributed by atoms with Crippen molar-refractivity contribution in [2.24, 2.45) is 0 Å². The lowest BCUT2D eigenvalue weighted by Crippen LogP contribution is -2.23. The molecule has 0 aliphatic rings. The summed E-state index contributed by atoms with van der Waals surface area (Å²) in [6.07, 6.45) is 0.931. The molecular weight excluding hydrogens is 456 g/mol. The molecule has 2 aromatic heterocycles. The van der Waals surface area contributed by atoms with E-state index in [0.29, 0.717) is 17.9 Å². The number of rotatable bonds is 8. The van der Waals surface area contributed by atoms with Gasteiger partial charge in [-0.1, -0.05) is 79.3 Å². The molecule has 5 aromatic rings. The molecular formula is C28H28N4O2S. The second-order valence-corrected chi connectivity index (χ2v) is 9.78. The first-order valence-electron chi connectivity index (χ1n) is 11.8. The molecule has 0 saturated carbocycles. The van der Waals surface area contributed by atoms with E-state index in [9.17, 15) is 4.79 Å². The van der Waals surface area contributed by atoms with Gasteiger partial charge in [0.1, 0.15) is 5.58 Å². The fraction of sp³-hybridized carbons (Fsp3) is 0.250. The number of aromatic nitrogens is 3. The Morgan fingerprint density at radius 3 is 2.54 bits per heavy atom. The standard InChI is InChI=1S/C28H28N4O2S/c1-4-23(31(2)3)27-29-30-28(32(27)17-19-10-6-5-7-11-19)35-18-21-16-25(33)34-24-15-14-20-12-8-9-13-22(20)26(21)24/h5-16,23H,4,17-18H2,1-3H3. The summed E-state index contributed by atoms with van der Waals surface area (Å²) in [7, 11) is 4.14. The summed E-state index contributed by atoms with van der Waals surface area (Å²) < 4.78 is 7.75. The van der Waals surface area contributed by atoms with Gasteiger partial charge in [0.05, 0.1) is 12.6 Å². The number of hydrogen-bond acceptors (Lipinski definition) is 6. The number of fused-ring (bicyclic) bond motifs is 3. The van der Waals surface area contributed by atoms with E-state index in [-0.39, 0.29) is 11.7 Å². The van der Waals surface area contributed by atoms with Gasteiger partial charge in [0.2, 0.25) is 0 Å². The van der Waals surface area contributed by atoms with Crippen molar-refractivity contribution in [2.75, 3.05) is 14.1 Å². The first-order valence-corrected chi connectivity index (χ1v) is 12.7. The monoisotopic (exact) mass is 484 g/mol. The van der Waals surface area contributed by atoms with Gasteiger partial charge in [-0.3, -0.25) is 4.90 Å². The normalized spacial score (nSPS) is 12.6. The van der Waals surface area contributed by atoms with E-state index < -0.39 is 0 Å². The molecule has 0 aliphatic heterocycles. The zero-order valence-electron chi connectivity index (χ0n) is 20.1. The van der Waals surface area contributed by atoms with E-state index in [2.05, 4.69) is 77.1 Å². The molecule has 0 N–H and O–H groups in total. The highest BCUT2D eigenvalue weighted by Gasteiger charge is 2.22. The van der Waals surface area contributed by atoms with Crippen LogP contribution in [0.1, 0.15) is 36.3 Å². The van der Waals surface area contributed by atoms with Crippen LogP contribution in [0.15, 0.2) is 87.2 Å². The zero-order chi connectivity index (χ0) is 24.4. The summed E-state index contributed by atoms with van der Waals surface area (Å²) >= 11 is 1.60. The van der Waals surface area contributed by atoms with Crippen molar-refractivity contribution in [3.63, 3.8) is 0 Å². The minimum absolute atomic E-state index is 0.161. The van der Waals surface area contributed by atoms with Gasteiger partial charge in [0.15, 0.2) is 11.0 Å². The van der Waals surface area contributed by atoms with Crippen molar-refractivity contribution in [3.05, 3.63) is 100 Å². The molecule has 0 aliphatic carbocycles. The van der Waals surface area contributed by atoms with Crippen LogP contribution < -0.4 is 5.63 Å². The molecule has 0 radical (unpaired) electrons. The zero-order valence-corrected chi connectivity index (χ0v) is 21.0. The summed E-state index contributed by atoms with van der Waals surface area (Å²) in [6, 6.07) is 24.2. The molecule has 1 unspecified atom stereocenters. The summed E-state index contributed by atoms with van der Waals surface area (Å²) in [4.78, 5) is 14.5. The SMILES string of the molecule is CCC(c1nnc(SCc2cc(=O)oc3ccc4ccccc4c23)n1Cc1ccccc1)N(C)C. The van der Waals surface area contributed by atoms with Crippen LogP contribution in [0.3, 0.4) is 0 Å². The molecule has 178 valence electrons. The highest BCUT2D eigenvalue weighted by atomic mass is 32.2. The minimum atomic E-state index is -0.339. The van der Waals surface area contributed by atoms with Crippen LogP contribution in [0.25, 0.3) is 21.7 Å². The Bertz CT molecular complexity index is 1530. The van der Waals surface area contributed by atoms with E-state index in [4.69, 9.17) is 4.42 Å². The summed E-state index contributed by atoms with van der Waals surface area (Å²) in [5.74, 6) is 1.54. The molecule has 6 nitrogen and oxygen atoms in total. The predicted molar refractivity (Wildman–Crippen MR) is 142 cm³/mol. The van der Waals surface area contributed by atoms with Crippen LogP contribution >= 0.6 is 11.8 Å². The first kappa shape index (κ1) is 23.3. The number of nitrogens with zero attached hydrogens (tertiary/aromatic N) is 4. The molecule has 0 amide bonds. The van der Waals surface area contributed by atoms with Crippen LogP contribution in [-0.4, -0.2) is 33.8 Å². The second-order valence-electron chi connectivity index (χ2n) is 8.84. The Hall–Kier alpha value is -3.42. The van der Waals surface area contributed by atoms with Crippen molar-refractivity contribution in [2.45, 2.75) is 36.8 Å². The number of hydrogen-bond donors (Lipinski definition) is 0. The quantitative estimate of drug-likeness (QED) is 0.155. The van der Waals surface area contributed by atoms with Crippen molar-refractivity contribution in [1.29, 1.82) is 0 Å². The molecule has 5 rings (SSSR count). The van der Waals surface area contributed by atoms with E-state index in [1.54, 1.807) is 17.8 Å². The largest absolute Gasteiger partial charge is 0.423 e. The highest BCUT2D eigenvalue weighted by Crippen LogP contribution is 2.32. The smallest absolute Gasteiger partial charge is 0.336 e. The Morgan fingerprint density at radius 2 is 1.77 bits per heavy atom. The minimum Gasteiger partial charge on any atom is -0.423 e. The van der Waals surface area contributed by atoms with Gasteiger partial charge in [-0.25, -0.2) is 4.79 Å². The Labute approximate surface area is 208 Å². The predicted octanol–water partition coefficient (Wildman–Crippen LogP) is 5.89. The summed E-state index contributed by atoms with van der Waals surface area (Å²) in [5, 5.41) is 13.2. The fourth-order valence-corrected chi connectivity index (χ4v) is 5.55. The van der Waals surface area contributed by atoms with Gasteiger partial charge in [-0.05, 0) is 48.5 Å².